The molecule has 6 heteroatoms. The minimum absolute atomic E-state index is 0.226. The van der Waals surface area contributed by atoms with Gasteiger partial charge in [-0.2, -0.15) is 0 Å². The lowest BCUT2D eigenvalue weighted by atomic mass is 9.67. The summed E-state index contributed by atoms with van der Waals surface area (Å²) >= 11 is 0. The zero-order chi connectivity index (χ0) is 12.3. The molecule has 1 aromatic rings. The van der Waals surface area contributed by atoms with Crippen molar-refractivity contribution in [1.29, 1.82) is 0 Å². The highest BCUT2D eigenvalue weighted by Gasteiger charge is 2.35. The van der Waals surface area contributed by atoms with Crippen LogP contribution in [-0.2, 0) is 7.05 Å². The molecule has 1 saturated carbocycles. The third-order valence-electron chi connectivity index (χ3n) is 3.61. The second-order valence-corrected chi connectivity index (χ2v) is 4.76. The molecule has 1 aromatic heterocycles. The molecular weight excluding hydrogens is 218 g/mol. The van der Waals surface area contributed by atoms with Crippen molar-refractivity contribution in [2.24, 2.45) is 12.5 Å². The maximum atomic E-state index is 11.6. The second kappa shape index (κ2) is 4.73. The first-order chi connectivity index (χ1) is 8.13. The SMILES string of the molecule is CCC1(CNC(=O)Nc2ncn(C)n2)CCC1. The lowest BCUT2D eigenvalue weighted by Gasteiger charge is -2.41. The lowest BCUT2D eigenvalue weighted by molar-refractivity contribution is 0.127. The molecule has 0 unspecified atom stereocenters. The van der Waals surface area contributed by atoms with Crippen LogP contribution in [0.2, 0.25) is 0 Å². The molecule has 2 rings (SSSR count). The zero-order valence-corrected chi connectivity index (χ0v) is 10.4. The molecule has 1 heterocycles. The Hall–Kier alpha value is -1.59. The molecule has 0 aromatic carbocycles. The van der Waals surface area contributed by atoms with Gasteiger partial charge >= 0.3 is 6.03 Å². The second-order valence-electron chi connectivity index (χ2n) is 4.76. The first-order valence-corrected chi connectivity index (χ1v) is 6.04. The fourth-order valence-electron chi connectivity index (χ4n) is 2.14. The number of aryl methyl sites for hydroxylation is 1. The van der Waals surface area contributed by atoms with Crippen LogP contribution in [0, 0.1) is 5.41 Å². The van der Waals surface area contributed by atoms with Crippen molar-refractivity contribution in [2.75, 3.05) is 11.9 Å². The Morgan fingerprint density at radius 2 is 2.35 bits per heavy atom. The monoisotopic (exact) mass is 237 g/mol. The van der Waals surface area contributed by atoms with E-state index in [0.29, 0.717) is 11.4 Å². The van der Waals surface area contributed by atoms with Crippen LogP contribution < -0.4 is 10.6 Å². The summed E-state index contributed by atoms with van der Waals surface area (Å²) in [5.41, 5.74) is 0.328. The molecule has 0 radical (unpaired) electrons. The van der Waals surface area contributed by atoms with Gasteiger partial charge in [-0.15, -0.1) is 5.10 Å². The molecule has 6 nitrogen and oxygen atoms in total. The van der Waals surface area contributed by atoms with Gasteiger partial charge in [0, 0.05) is 13.6 Å². The van der Waals surface area contributed by atoms with Gasteiger partial charge in [0.15, 0.2) is 0 Å². The highest BCUT2D eigenvalue weighted by Crippen LogP contribution is 2.42. The van der Waals surface area contributed by atoms with Gasteiger partial charge in [0.2, 0.25) is 5.95 Å². The molecule has 94 valence electrons. The lowest BCUT2D eigenvalue weighted by Crippen LogP contribution is -2.43. The highest BCUT2D eigenvalue weighted by atomic mass is 16.2. The Morgan fingerprint density at radius 1 is 1.59 bits per heavy atom. The molecule has 0 saturated heterocycles. The Labute approximate surface area is 101 Å². The summed E-state index contributed by atoms with van der Waals surface area (Å²) in [6, 6.07) is -0.226. The molecule has 0 spiro atoms. The van der Waals surface area contributed by atoms with Gasteiger partial charge in [-0.3, -0.25) is 10.00 Å². The quantitative estimate of drug-likeness (QED) is 0.834. The van der Waals surface area contributed by atoms with Crippen molar-refractivity contribution < 1.29 is 4.79 Å². The van der Waals surface area contributed by atoms with Crippen LogP contribution in [0.25, 0.3) is 0 Å². The number of amides is 2. The standard InChI is InChI=1S/C11H19N5O/c1-3-11(5-4-6-11)7-12-10(17)14-9-13-8-16(2)15-9/h8H,3-7H2,1-2H3,(H2,12,14,15,17). The maximum absolute atomic E-state index is 11.6. The van der Waals surface area contributed by atoms with Crippen molar-refractivity contribution in [3.63, 3.8) is 0 Å². The van der Waals surface area contributed by atoms with E-state index >= 15 is 0 Å². The average Bonchev–Trinajstić information content (AvgIpc) is 2.63. The van der Waals surface area contributed by atoms with E-state index in [2.05, 4.69) is 27.6 Å². The number of rotatable bonds is 4. The number of nitrogens with zero attached hydrogens (tertiary/aromatic N) is 3. The topological polar surface area (TPSA) is 71.8 Å². The van der Waals surface area contributed by atoms with Crippen LogP contribution in [-0.4, -0.2) is 27.3 Å². The fraction of sp³-hybridized carbons (Fsp3) is 0.727. The summed E-state index contributed by atoms with van der Waals surface area (Å²) in [4.78, 5) is 15.5. The van der Waals surface area contributed by atoms with Crippen molar-refractivity contribution >= 4 is 12.0 Å². The van der Waals surface area contributed by atoms with Crippen molar-refractivity contribution in [2.45, 2.75) is 32.6 Å². The number of hydrogen-bond donors (Lipinski definition) is 2. The number of carbonyl (C=O) groups excluding carboxylic acids is 1. The Morgan fingerprint density at radius 3 is 2.82 bits per heavy atom. The summed E-state index contributed by atoms with van der Waals surface area (Å²) in [6.07, 6.45) is 6.38. The minimum atomic E-state index is -0.226. The summed E-state index contributed by atoms with van der Waals surface area (Å²) in [6.45, 7) is 2.92. The number of anilines is 1. The number of nitrogens with one attached hydrogen (secondary N) is 2. The average molecular weight is 237 g/mol. The number of hydrogen-bond acceptors (Lipinski definition) is 3. The Balaban J connectivity index is 1.78. The summed E-state index contributed by atoms with van der Waals surface area (Å²) in [5, 5.41) is 9.49. The molecule has 0 atom stereocenters. The van der Waals surface area contributed by atoms with E-state index in [1.54, 1.807) is 18.1 Å². The van der Waals surface area contributed by atoms with Crippen LogP contribution in [0.4, 0.5) is 10.7 Å². The van der Waals surface area contributed by atoms with Crippen LogP contribution in [0.1, 0.15) is 32.6 Å². The van der Waals surface area contributed by atoms with Gasteiger partial charge in [0.1, 0.15) is 6.33 Å². The number of urea groups is 1. The van der Waals surface area contributed by atoms with Crippen LogP contribution in [0.3, 0.4) is 0 Å². The van der Waals surface area contributed by atoms with Gasteiger partial charge in [0.05, 0.1) is 0 Å². The molecular formula is C11H19N5O. The first kappa shape index (κ1) is 11.9. The van der Waals surface area contributed by atoms with Crippen LogP contribution >= 0.6 is 0 Å². The zero-order valence-electron chi connectivity index (χ0n) is 10.4. The Kier molecular flexibility index (Phi) is 3.31. The Bertz CT molecular complexity index is 391. The first-order valence-electron chi connectivity index (χ1n) is 6.04. The van der Waals surface area contributed by atoms with Gasteiger partial charge in [-0.05, 0) is 24.7 Å². The largest absolute Gasteiger partial charge is 0.337 e. The summed E-state index contributed by atoms with van der Waals surface area (Å²) < 4.78 is 1.55. The van der Waals surface area contributed by atoms with E-state index in [1.807, 2.05) is 0 Å². The summed E-state index contributed by atoms with van der Waals surface area (Å²) in [5.74, 6) is 0.337. The summed E-state index contributed by atoms with van der Waals surface area (Å²) in [7, 11) is 1.76. The molecule has 1 aliphatic rings. The maximum Gasteiger partial charge on any atom is 0.321 e. The fourth-order valence-corrected chi connectivity index (χ4v) is 2.14. The van der Waals surface area contributed by atoms with E-state index in [-0.39, 0.29) is 6.03 Å². The van der Waals surface area contributed by atoms with Crippen LogP contribution in [0.15, 0.2) is 6.33 Å². The predicted octanol–water partition coefficient (Wildman–Crippen LogP) is 1.52. The molecule has 2 amide bonds. The van der Waals surface area contributed by atoms with E-state index in [1.165, 1.54) is 19.3 Å². The third-order valence-corrected chi connectivity index (χ3v) is 3.61. The number of carbonyl (C=O) groups is 1. The molecule has 1 fully saturated rings. The normalized spacial score (nSPS) is 17.3. The molecule has 0 bridgehead atoms. The number of aromatic nitrogens is 3. The predicted molar refractivity (Wildman–Crippen MR) is 64.6 cm³/mol. The highest BCUT2D eigenvalue weighted by molar-refractivity contribution is 5.87. The molecule has 1 aliphatic carbocycles. The van der Waals surface area contributed by atoms with Crippen LogP contribution in [0.5, 0.6) is 0 Å². The molecule has 17 heavy (non-hydrogen) atoms. The van der Waals surface area contributed by atoms with Crippen molar-refractivity contribution in [3.8, 4) is 0 Å². The smallest absolute Gasteiger partial charge is 0.321 e. The van der Waals surface area contributed by atoms with E-state index < -0.39 is 0 Å². The van der Waals surface area contributed by atoms with Gasteiger partial charge in [-0.1, -0.05) is 13.3 Å². The van der Waals surface area contributed by atoms with Crippen molar-refractivity contribution in [3.05, 3.63) is 6.33 Å². The minimum Gasteiger partial charge on any atom is -0.337 e. The van der Waals surface area contributed by atoms with Gasteiger partial charge < -0.3 is 5.32 Å². The van der Waals surface area contributed by atoms with E-state index in [4.69, 9.17) is 0 Å². The van der Waals surface area contributed by atoms with Gasteiger partial charge in [-0.25, -0.2) is 9.78 Å². The van der Waals surface area contributed by atoms with Gasteiger partial charge in [0.25, 0.3) is 0 Å². The van der Waals surface area contributed by atoms with E-state index in [0.717, 1.165) is 13.0 Å². The third kappa shape index (κ3) is 2.75. The molecule has 0 aliphatic heterocycles. The van der Waals surface area contributed by atoms with E-state index in [9.17, 15) is 4.79 Å². The van der Waals surface area contributed by atoms with Crippen molar-refractivity contribution in [1.82, 2.24) is 20.1 Å². The molecule has 2 N–H and O–H groups in total.